The van der Waals surface area contributed by atoms with Crippen LogP contribution < -0.4 is 0 Å². The maximum atomic E-state index is 13.7. The number of carboxylic acids is 1. The summed E-state index contributed by atoms with van der Waals surface area (Å²) in [5.74, 6) is -1.86. The molecule has 0 atom stereocenters. The Morgan fingerprint density at radius 1 is 1.24 bits per heavy atom. The van der Waals surface area contributed by atoms with Crippen LogP contribution in [-0.2, 0) is 0 Å². The Hall–Kier alpha value is -2.12. The summed E-state index contributed by atoms with van der Waals surface area (Å²) in [4.78, 5) is 21.4. The molecule has 0 unspecified atom stereocenters. The molecule has 0 saturated carbocycles. The highest BCUT2D eigenvalue weighted by Gasteiger charge is 2.18. The maximum absolute atomic E-state index is 13.7. The molecule has 0 aliphatic heterocycles. The van der Waals surface area contributed by atoms with Crippen molar-refractivity contribution in [2.45, 2.75) is 9.79 Å². The molecule has 108 valence electrons. The Morgan fingerprint density at radius 2 is 1.95 bits per heavy atom. The molecule has 5 nitrogen and oxygen atoms in total. The van der Waals surface area contributed by atoms with E-state index in [1.54, 1.807) is 0 Å². The van der Waals surface area contributed by atoms with Crippen molar-refractivity contribution in [2.24, 2.45) is 0 Å². The average molecular weight is 328 g/mol. The Balaban J connectivity index is 2.45. The first-order chi connectivity index (χ1) is 9.88. The van der Waals surface area contributed by atoms with E-state index < -0.39 is 16.7 Å². The van der Waals surface area contributed by atoms with Gasteiger partial charge in [0, 0.05) is 16.0 Å². The summed E-state index contributed by atoms with van der Waals surface area (Å²) >= 11 is 6.47. The van der Waals surface area contributed by atoms with E-state index in [2.05, 4.69) is 0 Å². The first-order valence-corrected chi connectivity index (χ1v) is 6.72. The summed E-state index contributed by atoms with van der Waals surface area (Å²) in [6.45, 7) is 0. The van der Waals surface area contributed by atoms with Gasteiger partial charge in [-0.15, -0.1) is 0 Å². The van der Waals surface area contributed by atoms with Crippen LogP contribution in [0.1, 0.15) is 10.4 Å². The fraction of sp³-hybridized carbons (Fsp3) is 0. The Labute approximate surface area is 127 Å². The molecule has 21 heavy (non-hydrogen) atoms. The topological polar surface area (TPSA) is 80.4 Å². The SMILES string of the molecule is O=C(O)c1ccc(F)c(Sc2ccc(Cl)cc2[N+](=O)[O-])c1. The molecule has 0 aromatic heterocycles. The maximum Gasteiger partial charge on any atom is 0.335 e. The van der Waals surface area contributed by atoms with Crippen LogP contribution in [0.5, 0.6) is 0 Å². The van der Waals surface area contributed by atoms with Crippen LogP contribution in [0, 0.1) is 15.9 Å². The van der Waals surface area contributed by atoms with Crippen LogP contribution in [-0.4, -0.2) is 16.0 Å². The second-order valence-electron chi connectivity index (χ2n) is 3.92. The van der Waals surface area contributed by atoms with Crippen molar-refractivity contribution in [3.05, 3.63) is 62.9 Å². The van der Waals surface area contributed by atoms with Crippen LogP contribution >= 0.6 is 23.4 Å². The molecule has 0 amide bonds. The molecule has 0 heterocycles. The van der Waals surface area contributed by atoms with Gasteiger partial charge in [-0.25, -0.2) is 9.18 Å². The first-order valence-electron chi connectivity index (χ1n) is 5.53. The second kappa shape index (κ2) is 6.11. The smallest absolute Gasteiger partial charge is 0.335 e. The van der Waals surface area contributed by atoms with Gasteiger partial charge in [-0.3, -0.25) is 10.1 Å². The number of nitro benzene ring substituents is 1. The highest BCUT2D eigenvalue weighted by atomic mass is 35.5. The number of aromatic carboxylic acids is 1. The van der Waals surface area contributed by atoms with Gasteiger partial charge in [0.25, 0.3) is 5.69 Å². The third-order valence-electron chi connectivity index (χ3n) is 2.52. The number of carbonyl (C=O) groups is 1. The standard InChI is InChI=1S/C13H7ClFNO4S/c14-8-2-4-11(10(6-8)16(19)20)21-12-5-7(13(17)18)1-3-9(12)15/h1-6H,(H,17,18). The van der Waals surface area contributed by atoms with Crippen molar-refractivity contribution in [1.82, 2.24) is 0 Å². The van der Waals surface area contributed by atoms with Gasteiger partial charge in [0.15, 0.2) is 0 Å². The van der Waals surface area contributed by atoms with Crippen LogP contribution in [0.25, 0.3) is 0 Å². The molecule has 1 N–H and O–H groups in total. The van der Waals surface area contributed by atoms with Crippen molar-refractivity contribution in [3.8, 4) is 0 Å². The lowest BCUT2D eigenvalue weighted by Crippen LogP contribution is -1.97. The lowest BCUT2D eigenvalue weighted by atomic mass is 10.2. The number of hydrogen-bond donors (Lipinski definition) is 1. The molecule has 0 spiro atoms. The van der Waals surface area contributed by atoms with E-state index in [4.69, 9.17) is 16.7 Å². The van der Waals surface area contributed by atoms with Gasteiger partial charge < -0.3 is 5.11 Å². The minimum absolute atomic E-state index is 0.0136. The summed E-state index contributed by atoms with van der Waals surface area (Å²) in [6.07, 6.45) is 0. The predicted octanol–water partition coefficient (Wildman–Crippen LogP) is 4.24. The number of nitrogens with zero attached hydrogens (tertiary/aromatic N) is 1. The van der Waals surface area contributed by atoms with Gasteiger partial charge >= 0.3 is 5.97 Å². The van der Waals surface area contributed by atoms with E-state index in [9.17, 15) is 19.3 Å². The largest absolute Gasteiger partial charge is 0.478 e. The summed E-state index contributed by atoms with van der Waals surface area (Å²) in [5.41, 5.74) is -0.372. The first kappa shape index (κ1) is 15.3. The molecule has 2 aromatic rings. The second-order valence-corrected chi connectivity index (χ2v) is 5.44. The Morgan fingerprint density at radius 3 is 2.57 bits per heavy atom. The molecule has 0 aliphatic carbocycles. The van der Waals surface area contributed by atoms with Crippen molar-refractivity contribution < 1.29 is 19.2 Å². The van der Waals surface area contributed by atoms with E-state index in [1.165, 1.54) is 12.1 Å². The number of halogens is 2. The average Bonchev–Trinajstić information content (AvgIpc) is 2.42. The quantitative estimate of drug-likeness (QED) is 0.671. The van der Waals surface area contributed by atoms with Crippen LogP contribution in [0.2, 0.25) is 5.02 Å². The zero-order valence-corrected chi connectivity index (χ0v) is 11.8. The summed E-state index contributed by atoms with van der Waals surface area (Å²) in [7, 11) is 0. The third-order valence-corrected chi connectivity index (χ3v) is 3.85. The number of hydrogen-bond acceptors (Lipinski definition) is 4. The van der Waals surface area contributed by atoms with Crippen molar-refractivity contribution in [2.75, 3.05) is 0 Å². The number of benzene rings is 2. The highest BCUT2D eigenvalue weighted by molar-refractivity contribution is 7.99. The zero-order valence-electron chi connectivity index (χ0n) is 10.2. The van der Waals surface area contributed by atoms with Crippen molar-refractivity contribution >= 4 is 35.0 Å². The van der Waals surface area contributed by atoms with E-state index >= 15 is 0 Å². The molecular weight excluding hydrogens is 321 g/mol. The van der Waals surface area contributed by atoms with E-state index in [1.807, 2.05) is 0 Å². The Bertz CT molecular complexity index is 738. The third kappa shape index (κ3) is 3.50. The van der Waals surface area contributed by atoms with Crippen LogP contribution in [0.3, 0.4) is 0 Å². The lowest BCUT2D eigenvalue weighted by molar-refractivity contribution is -0.387. The molecule has 0 aliphatic rings. The minimum Gasteiger partial charge on any atom is -0.478 e. The van der Waals surface area contributed by atoms with E-state index in [0.29, 0.717) is 0 Å². The molecule has 0 fully saturated rings. The van der Waals surface area contributed by atoms with Gasteiger partial charge in [-0.2, -0.15) is 0 Å². The highest BCUT2D eigenvalue weighted by Crippen LogP contribution is 2.37. The summed E-state index contributed by atoms with van der Waals surface area (Å²) < 4.78 is 13.7. The minimum atomic E-state index is -1.21. The van der Waals surface area contributed by atoms with E-state index in [0.717, 1.165) is 36.0 Å². The summed E-state index contributed by atoms with van der Waals surface area (Å²) in [6, 6.07) is 7.24. The van der Waals surface area contributed by atoms with Crippen molar-refractivity contribution in [1.29, 1.82) is 0 Å². The van der Waals surface area contributed by atoms with Gasteiger partial charge in [0.05, 0.1) is 15.4 Å². The van der Waals surface area contributed by atoms with Gasteiger partial charge in [-0.05, 0) is 30.3 Å². The fourth-order valence-corrected chi connectivity index (χ4v) is 2.68. The molecule has 2 aromatic carbocycles. The van der Waals surface area contributed by atoms with Crippen molar-refractivity contribution in [3.63, 3.8) is 0 Å². The van der Waals surface area contributed by atoms with Gasteiger partial charge in [-0.1, -0.05) is 23.4 Å². The molecular formula is C13H7ClFNO4S. The monoisotopic (exact) mass is 327 g/mol. The predicted molar refractivity (Wildman–Crippen MR) is 75.6 cm³/mol. The van der Waals surface area contributed by atoms with Gasteiger partial charge in [0.1, 0.15) is 5.82 Å². The molecule has 8 heteroatoms. The number of carboxylic acid groups (broad SMARTS) is 1. The number of rotatable bonds is 4. The zero-order chi connectivity index (χ0) is 15.6. The normalized spacial score (nSPS) is 10.4. The van der Waals surface area contributed by atoms with Crippen LogP contribution in [0.15, 0.2) is 46.2 Å². The lowest BCUT2D eigenvalue weighted by Gasteiger charge is -2.06. The van der Waals surface area contributed by atoms with E-state index in [-0.39, 0.29) is 26.1 Å². The number of nitro groups is 1. The van der Waals surface area contributed by atoms with Crippen LogP contribution in [0.4, 0.5) is 10.1 Å². The molecule has 2 rings (SSSR count). The molecule has 0 radical (unpaired) electrons. The Kier molecular flexibility index (Phi) is 4.44. The fourth-order valence-electron chi connectivity index (χ4n) is 1.55. The van der Waals surface area contributed by atoms with Gasteiger partial charge in [0.2, 0.25) is 0 Å². The molecule has 0 bridgehead atoms. The summed E-state index contributed by atoms with van der Waals surface area (Å²) in [5, 5.41) is 20.0. The molecule has 0 saturated heterocycles.